The van der Waals surface area contributed by atoms with E-state index in [1.807, 2.05) is 49.4 Å². The molecule has 1 fully saturated rings. The maximum atomic E-state index is 13.3. The lowest BCUT2D eigenvalue weighted by molar-refractivity contribution is 0.475. The van der Waals surface area contributed by atoms with Crippen LogP contribution >= 0.6 is 0 Å². The molecule has 5 nitrogen and oxygen atoms in total. The fraction of sp³-hybridized carbons (Fsp3) is 0.455. The molecule has 29 heavy (non-hydrogen) atoms. The van der Waals surface area contributed by atoms with E-state index in [1.165, 1.54) is 0 Å². The molecule has 1 N–H and O–H groups in total. The van der Waals surface area contributed by atoms with Crippen LogP contribution in [0.3, 0.4) is 0 Å². The van der Waals surface area contributed by atoms with Crippen LogP contribution in [-0.4, -0.2) is 39.6 Å². The molecule has 0 bridgehead atoms. The van der Waals surface area contributed by atoms with Crippen molar-refractivity contribution in [1.29, 1.82) is 0 Å². The van der Waals surface area contributed by atoms with E-state index in [0.717, 1.165) is 11.1 Å². The second-order valence-corrected chi connectivity index (χ2v) is 13.2. The summed E-state index contributed by atoms with van der Waals surface area (Å²) in [7, 11) is -7.23. The standard InChI is InChI=1S/C22H29NO4S2/c1-16(17-8-6-5-7-9-17)23-20-14-28(24,25)15-21(20)29(26,27)19-12-10-18(11-13-19)22(2,3)4/h5-13,16,20-21,23H,14-15H2,1-4H3/t16?,20-,21-/m0/s1. The van der Waals surface area contributed by atoms with Crippen LogP contribution in [0.4, 0.5) is 0 Å². The predicted octanol–water partition coefficient (Wildman–Crippen LogP) is 3.27. The van der Waals surface area contributed by atoms with E-state index in [9.17, 15) is 16.8 Å². The molecular formula is C22H29NO4S2. The monoisotopic (exact) mass is 435 g/mol. The quantitative estimate of drug-likeness (QED) is 0.780. The molecule has 1 aliphatic rings. The van der Waals surface area contributed by atoms with Gasteiger partial charge in [0.1, 0.15) is 0 Å². The average Bonchev–Trinajstić information content (AvgIpc) is 2.97. The predicted molar refractivity (Wildman–Crippen MR) is 117 cm³/mol. The Bertz CT molecular complexity index is 1050. The van der Waals surface area contributed by atoms with Crippen molar-refractivity contribution in [2.45, 2.75) is 55.3 Å². The van der Waals surface area contributed by atoms with Crippen molar-refractivity contribution in [3.8, 4) is 0 Å². The van der Waals surface area contributed by atoms with Crippen molar-refractivity contribution in [3.05, 3.63) is 65.7 Å². The van der Waals surface area contributed by atoms with E-state index in [-0.39, 0.29) is 27.9 Å². The first kappa shape index (κ1) is 22.0. The van der Waals surface area contributed by atoms with Crippen molar-refractivity contribution < 1.29 is 16.8 Å². The van der Waals surface area contributed by atoms with Gasteiger partial charge < -0.3 is 5.32 Å². The van der Waals surface area contributed by atoms with Crippen LogP contribution in [0.2, 0.25) is 0 Å². The number of benzene rings is 2. The molecule has 1 aliphatic heterocycles. The van der Waals surface area contributed by atoms with E-state index in [0.29, 0.717) is 0 Å². The summed E-state index contributed by atoms with van der Waals surface area (Å²) in [4.78, 5) is 0.173. The van der Waals surface area contributed by atoms with Crippen LogP contribution in [-0.2, 0) is 25.1 Å². The van der Waals surface area contributed by atoms with Crippen molar-refractivity contribution in [2.24, 2.45) is 0 Å². The summed E-state index contributed by atoms with van der Waals surface area (Å²) < 4.78 is 51.3. The highest BCUT2D eigenvalue weighted by Gasteiger charge is 2.46. The molecule has 0 aliphatic carbocycles. The lowest BCUT2D eigenvalue weighted by Gasteiger charge is -2.25. The summed E-state index contributed by atoms with van der Waals surface area (Å²) in [6.45, 7) is 8.10. The fourth-order valence-electron chi connectivity index (χ4n) is 3.76. The molecule has 3 rings (SSSR count). The van der Waals surface area contributed by atoms with Gasteiger partial charge in [-0.1, -0.05) is 63.2 Å². The number of hydrogen-bond donors (Lipinski definition) is 1. The van der Waals surface area contributed by atoms with Gasteiger partial charge in [-0.25, -0.2) is 16.8 Å². The number of sulfone groups is 2. The molecule has 0 amide bonds. The zero-order valence-corrected chi connectivity index (χ0v) is 18.9. The Morgan fingerprint density at radius 3 is 2.10 bits per heavy atom. The van der Waals surface area contributed by atoms with Crippen molar-refractivity contribution >= 4 is 19.7 Å². The van der Waals surface area contributed by atoms with Gasteiger partial charge in [-0.2, -0.15) is 0 Å². The largest absolute Gasteiger partial charge is 0.305 e. The van der Waals surface area contributed by atoms with E-state index >= 15 is 0 Å². The van der Waals surface area contributed by atoms with Gasteiger partial charge in [0.05, 0.1) is 21.7 Å². The Hall–Kier alpha value is -1.70. The molecular weight excluding hydrogens is 406 g/mol. The van der Waals surface area contributed by atoms with Crippen LogP contribution in [0.25, 0.3) is 0 Å². The first-order valence-electron chi connectivity index (χ1n) is 9.76. The summed E-state index contributed by atoms with van der Waals surface area (Å²) >= 11 is 0. The zero-order valence-electron chi connectivity index (χ0n) is 17.3. The minimum Gasteiger partial charge on any atom is -0.305 e. The highest BCUT2D eigenvalue weighted by atomic mass is 32.2. The smallest absolute Gasteiger partial charge is 0.183 e. The van der Waals surface area contributed by atoms with E-state index < -0.39 is 31.0 Å². The normalized spacial score (nSPS) is 23.0. The Morgan fingerprint density at radius 2 is 1.55 bits per heavy atom. The first-order valence-corrected chi connectivity index (χ1v) is 13.1. The second-order valence-electron chi connectivity index (χ2n) is 8.84. The summed E-state index contributed by atoms with van der Waals surface area (Å²) in [5.74, 6) is -0.524. The number of nitrogens with one attached hydrogen (secondary N) is 1. The SMILES string of the molecule is CC(N[C@H]1CS(=O)(=O)C[C@@H]1S(=O)(=O)c1ccc(C(C)(C)C)cc1)c1ccccc1. The highest BCUT2D eigenvalue weighted by molar-refractivity contribution is 7.96. The molecule has 158 valence electrons. The molecule has 0 aromatic heterocycles. The Kier molecular flexibility index (Phi) is 5.96. The van der Waals surface area contributed by atoms with Gasteiger partial charge in [-0.15, -0.1) is 0 Å². The fourth-order valence-corrected chi connectivity index (χ4v) is 8.43. The Labute approximate surface area is 174 Å². The van der Waals surface area contributed by atoms with E-state index in [2.05, 4.69) is 26.1 Å². The van der Waals surface area contributed by atoms with Crippen LogP contribution in [0.1, 0.15) is 44.9 Å². The van der Waals surface area contributed by atoms with Gasteiger partial charge in [0.2, 0.25) is 0 Å². The molecule has 0 spiro atoms. The van der Waals surface area contributed by atoms with Gasteiger partial charge >= 0.3 is 0 Å². The van der Waals surface area contributed by atoms with Crippen LogP contribution in [0, 0.1) is 0 Å². The topological polar surface area (TPSA) is 80.3 Å². The Morgan fingerprint density at radius 1 is 0.966 bits per heavy atom. The third-order valence-corrected chi connectivity index (χ3v) is 9.68. The van der Waals surface area contributed by atoms with Gasteiger partial charge in [-0.05, 0) is 35.6 Å². The maximum absolute atomic E-state index is 13.3. The maximum Gasteiger partial charge on any atom is 0.183 e. The lowest BCUT2D eigenvalue weighted by atomic mass is 9.87. The minimum atomic E-state index is -3.79. The third-order valence-electron chi connectivity index (χ3n) is 5.51. The summed E-state index contributed by atoms with van der Waals surface area (Å²) in [5, 5.41) is 2.25. The zero-order chi connectivity index (χ0) is 21.4. The molecule has 1 heterocycles. The van der Waals surface area contributed by atoms with Gasteiger partial charge in [0, 0.05) is 12.1 Å². The minimum absolute atomic E-state index is 0.0891. The molecule has 7 heteroatoms. The number of rotatable bonds is 5. The highest BCUT2D eigenvalue weighted by Crippen LogP contribution is 2.29. The van der Waals surface area contributed by atoms with Crippen LogP contribution < -0.4 is 5.32 Å². The van der Waals surface area contributed by atoms with Crippen LogP contribution in [0.5, 0.6) is 0 Å². The average molecular weight is 436 g/mol. The van der Waals surface area contributed by atoms with E-state index in [4.69, 9.17) is 0 Å². The molecule has 0 saturated carbocycles. The van der Waals surface area contributed by atoms with Crippen molar-refractivity contribution in [1.82, 2.24) is 5.32 Å². The number of hydrogen-bond acceptors (Lipinski definition) is 5. The first-order chi connectivity index (χ1) is 13.4. The summed E-state index contributed by atoms with van der Waals surface area (Å²) in [6.07, 6.45) is 0. The molecule has 3 atom stereocenters. The van der Waals surface area contributed by atoms with Gasteiger partial charge in [0.25, 0.3) is 0 Å². The van der Waals surface area contributed by atoms with E-state index in [1.54, 1.807) is 12.1 Å². The lowest BCUT2D eigenvalue weighted by Crippen LogP contribution is -2.44. The molecule has 0 radical (unpaired) electrons. The molecule has 2 aromatic rings. The van der Waals surface area contributed by atoms with Crippen molar-refractivity contribution in [2.75, 3.05) is 11.5 Å². The molecule has 2 aromatic carbocycles. The molecule has 1 unspecified atom stereocenters. The third kappa shape index (κ3) is 4.90. The summed E-state index contributed by atoms with van der Waals surface area (Å²) in [6, 6.07) is 15.6. The van der Waals surface area contributed by atoms with Crippen molar-refractivity contribution in [3.63, 3.8) is 0 Å². The second kappa shape index (κ2) is 7.85. The van der Waals surface area contributed by atoms with Gasteiger partial charge in [0.15, 0.2) is 19.7 Å². The van der Waals surface area contributed by atoms with Crippen LogP contribution in [0.15, 0.2) is 59.5 Å². The Balaban J connectivity index is 1.89. The van der Waals surface area contributed by atoms with Gasteiger partial charge in [-0.3, -0.25) is 0 Å². The summed E-state index contributed by atoms with van der Waals surface area (Å²) in [5.41, 5.74) is 1.93. The molecule has 1 saturated heterocycles.